The molecule has 1 fully saturated rings. The number of carbonyl (C=O) groups is 1. The number of para-hydroxylation sites is 1. The van der Waals surface area contributed by atoms with Gasteiger partial charge in [0.1, 0.15) is 15.6 Å². The molecule has 0 aliphatic carbocycles. The van der Waals surface area contributed by atoms with E-state index in [1.807, 2.05) is 24.3 Å². The van der Waals surface area contributed by atoms with Crippen LogP contribution in [0, 0.1) is 5.92 Å². The van der Waals surface area contributed by atoms with Crippen molar-refractivity contribution >= 4 is 27.3 Å². The molecule has 1 amide bonds. The Morgan fingerprint density at radius 3 is 2.71 bits per heavy atom. The summed E-state index contributed by atoms with van der Waals surface area (Å²) in [6.07, 6.45) is 3.81. The normalized spacial score (nSPS) is 23.5. The van der Waals surface area contributed by atoms with Crippen LogP contribution < -0.4 is 10.1 Å². The first-order valence-corrected chi connectivity index (χ1v) is 13.3. The Bertz CT molecular complexity index is 1020. The van der Waals surface area contributed by atoms with Crippen LogP contribution in [0.5, 0.6) is 5.75 Å². The summed E-state index contributed by atoms with van der Waals surface area (Å²) in [5.41, 5.74) is 0.695. The molecule has 6 nitrogen and oxygen atoms in total. The molecular formula is C23H30N2O4S2. The average molecular weight is 463 g/mol. The Balaban J connectivity index is 1.51. The fourth-order valence-corrected chi connectivity index (χ4v) is 7.30. The van der Waals surface area contributed by atoms with Gasteiger partial charge in [0, 0.05) is 25.1 Å². The molecule has 2 atom stereocenters. The maximum Gasteiger partial charge on any atom is 0.252 e. The number of fused-ring (bicyclic) bond motifs is 1. The monoisotopic (exact) mass is 462 g/mol. The number of rotatable bonds is 6. The van der Waals surface area contributed by atoms with Crippen molar-refractivity contribution in [2.45, 2.75) is 61.8 Å². The second-order valence-electron chi connectivity index (χ2n) is 8.43. The second-order valence-corrected chi connectivity index (χ2v) is 11.5. The Hall–Kier alpha value is -1.90. The third-order valence-electron chi connectivity index (χ3n) is 6.65. The highest BCUT2D eigenvalue weighted by Gasteiger charge is 2.40. The fraction of sp³-hybridized carbons (Fsp3) is 0.522. The van der Waals surface area contributed by atoms with E-state index in [4.69, 9.17) is 4.74 Å². The number of amides is 1. The number of nitrogens with zero attached hydrogens (tertiary/aromatic N) is 1. The minimum absolute atomic E-state index is 0.0751. The van der Waals surface area contributed by atoms with Crippen LogP contribution in [0.1, 0.15) is 57.6 Å². The summed E-state index contributed by atoms with van der Waals surface area (Å²) in [6, 6.07) is 11.1. The summed E-state index contributed by atoms with van der Waals surface area (Å²) in [5.74, 6) is 0.401. The standard InChI is InChI=1S/C23H30N2O4S2/c1-3-23(4-2)15-19(18-10-5-6-11-20(18)29-23)24-22(26)17-9-7-13-25(16-17)31(27,28)21-12-8-14-30-21/h5-6,8,10-12,14,17,19H,3-4,7,9,13,15-16H2,1-2H3,(H,24,26). The molecule has 0 spiro atoms. The number of hydrogen-bond acceptors (Lipinski definition) is 5. The number of carbonyl (C=O) groups excluding carboxylic acids is 1. The number of hydrogen-bond donors (Lipinski definition) is 1. The molecule has 2 aliphatic heterocycles. The Labute approximate surface area is 188 Å². The van der Waals surface area contributed by atoms with E-state index in [9.17, 15) is 13.2 Å². The predicted molar refractivity (Wildman–Crippen MR) is 122 cm³/mol. The van der Waals surface area contributed by atoms with Crippen LogP contribution in [-0.4, -0.2) is 37.3 Å². The van der Waals surface area contributed by atoms with Gasteiger partial charge in [-0.3, -0.25) is 4.79 Å². The Kier molecular flexibility index (Phi) is 6.42. The second kappa shape index (κ2) is 8.92. The first kappa shape index (κ1) is 22.3. The van der Waals surface area contributed by atoms with Gasteiger partial charge in [0.05, 0.1) is 12.0 Å². The maximum absolute atomic E-state index is 13.3. The smallest absolute Gasteiger partial charge is 0.252 e. The summed E-state index contributed by atoms with van der Waals surface area (Å²) >= 11 is 1.21. The molecule has 31 heavy (non-hydrogen) atoms. The molecule has 2 aliphatic rings. The third kappa shape index (κ3) is 4.38. The minimum atomic E-state index is -3.54. The fourth-order valence-electron chi connectivity index (χ4n) is 4.63. The number of nitrogens with one attached hydrogen (secondary N) is 1. The molecule has 1 aromatic carbocycles. The van der Waals surface area contributed by atoms with E-state index in [1.165, 1.54) is 15.6 Å². The van der Waals surface area contributed by atoms with Crippen molar-refractivity contribution < 1.29 is 17.9 Å². The highest BCUT2D eigenvalue weighted by Crippen LogP contribution is 2.42. The van der Waals surface area contributed by atoms with E-state index < -0.39 is 10.0 Å². The van der Waals surface area contributed by atoms with Crippen molar-refractivity contribution in [2.24, 2.45) is 5.92 Å². The Morgan fingerprint density at radius 1 is 1.23 bits per heavy atom. The van der Waals surface area contributed by atoms with Crippen molar-refractivity contribution in [3.8, 4) is 5.75 Å². The van der Waals surface area contributed by atoms with Gasteiger partial charge in [-0.15, -0.1) is 11.3 Å². The van der Waals surface area contributed by atoms with Crippen LogP contribution >= 0.6 is 11.3 Å². The lowest BCUT2D eigenvalue weighted by Gasteiger charge is -2.42. The molecule has 1 N–H and O–H groups in total. The van der Waals surface area contributed by atoms with Gasteiger partial charge in [0.25, 0.3) is 10.0 Å². The molecule has 0 bridgehead atoms. The maximum atomic E-state index is 13.3. The van der Waals surface area contributed by atoms with Gasteiger partial charge >= 0.3 is 0 Å². The summed E-state index contributed by atoms with van der Waals surface area (Å²) in [6.45, 7) is 4.91. The van der Waals surface area contributed by atoms with Gasteiger partial charge in [0.15, 0.2) is 0 Å². The average Bonchev–Trinajstić information content (AvgIpc) is 3.35. The SMILES string of the molecule is CCC1(CC)CC(NC(=O)C2CCCN(S(=O)(=O)c3cccs3)C2)c2ccccc2O1. The van der Waals surface area contributed by atoms with E-state index in [0.717, 1.165) is 24.2 Å². The molecule has 1 aromatic heterocycles. The predicted octanol–water partition coefficient (Wildman–Crippen LogP) is 4.35. The van der Waals surface area contributed by atoms with Crippen LogP contribution in [0.2, 0.25) is 0 Å². The van der Waals surface area contributed by atoms with Crippen molar-refractivity contribution in [1.82, 2.24) is 9.62 Å². The van der Waals surface area contributed by atoms with Gasteiger partial charge in [-0.05, 0) is 43.2 Å². The highest BCUT2D eigenvalue weighted by atomic mass is 32.2. The van der Waals surface area contributed by atoms with E-state index in [0.29, 0.717) is 30.0 Å². The van der Waals surface area contributed by atoms with Gasteiger partial charge < -0.3 is 10.1 Å². The molecule has 168 valence electrons. The van der Waals surface area contributed by atoms with Crippen LogP contribution in [0.4, 0.5) is 0 Å². The zero-order valence-corrected chi connectivity index (χ0v) is 19.7. The van der Waals surface area contributed by atoms with Crippen molar-refractivity contribution in [2.75, 3.05) is 13.1 Å². The molecule has 4 rings (SSSR count). The van der Waals surface area contributed by atoms with Crippen LogP contribution in [0.25, 0.3) is 0 Å². The van der Waals surface area contributed by atoms with Crippen LogP contribution in [0.3, 0.4) is 0 Å². The van der Waals surface area contributed by atoms with Crippen LogP contribution in [-0.2, 0) is 14.8 Å². The van der Waals surface area contributed by atoms with E-state index in [1.54, 1.807) is 17.5 Å². The zero-order chi connectivity index (χ0) is 22.1. The van der Waals surface area contributed by atoms with E-state index in [2.05, 4.69) is 19.2 Å². The van der Waals surface area contributed by atoms with Gasteiger partial charge in [-0.2, -0.15) is 4.31 Å². The van der Waals surface area contributed by atoms with Gasteiger partial charge in [-0.25, -0.2) is 8.42 Å². The molecule has 2 aromatic rings. The van der Waals surface area contributed by atoms with Crippen molar-refractivity contribution in [1.29, 1.82) is 0 Å². The number of thiophene rings is 1. The summed E-state index contributed by atoms with van der Waals surface area (Å²) in [4.78, 5) is 13.3. The molecule has 2 unspecified atom stereocenters. The number of benzene rings is 1. The summed E-state index contributed by atoms with van der Waals surface area (Å²) < 4.78 is 34.0. The highest BCUT2D eigenvalue weighted by molar-refractivity contribution is 7.91. The van der Waals surface area contributed by atoms with Crippen LogP contribution in [0.15, 0.2) is 46.0 Å². The topological polar surface area (TPSA) is 75.7 Å². The number of sulfonamides is 1. The lowest BCUT2D eigenvalue weighted by molar-refractivity contribution is -0.127. The van der Waals surface area contributed by atoms with E-state index >= 15 is 0 Å². The largest absolute Gasteiger partial charge is 0.487 e. The molecule has 0 saturated carbocycles. The lowest BCUT2D eigenvalue weighted by Crippen LogP contribution is -2.48. The molecule has 1 saturated heterocycles. The zero-order valence-electron chi connectivity index (χ0n) is 18.0. The number of ether oxygens (including phenoxy) is 1. The number of piperidine rings is 1. The van der Waals surface area contributed by atoms with Crippen molar-refractivity contribution in [3.63, 3.8) is 0 Å². The molecule has 3 heterocycles. The van der Waals surface area contributed by atoms with Gasteiger partial charge in [0.2, 0.25) is 5.91 Å². The molecule has 0 radical (unpaired) electrons. The lowest BCUT2D eigenvalue weighted by atomic mass is 9.83. The molecular weight excluding hydrogens is 432 g/mol. The Morgan fingerprint density at radius 2 is 2.00 bits per heavy atom. The first-order valence-electron chi connectivity index (χ1n) is 11.0. The van der Waals surface area contributed by atoms with Gasteiger partial charge in [-0.1, -0.05) is 38.1 Å². The first-order chi connectivity index (χ1) is 14.9. The van der Waals surface area contributed by atoms with Crippen molar-refractivity contribution in [3.05, 3.63) is 47.3 Å². The minimum Gasteiger partial charge on any atom is -0.487 e. The molecule has 8 heteroatoms. The summed E-state index contributed by atoms with van der Waals surface area (Å²) in [7, 11) is -3.54. The quantitative estimate of drug-likeness (QED) is 0.693. The summed E-state index contributed by atoms with van der Waals surface area (Å²) in [5, 5.41) is 5.00. The van der Waals surface area contributed by atoms with E-state index in [-0.39, 0.29) is 30.0 Å². The third-order valence-corrected chi connectivity index (χ3v) is 9.88.